The van der Waals surface area contributed by atoms with Crippen LogP contribution in [0.4, 0.5) is 0 Å². The summed E-state index contributed by atoms with van der Waals surface area (Å²) < 4.78 is 27.5. The van der Waals surface area contributed by atoms with Crippen LogP contribution in [0, 0.1) is 0 Å². The summed E-state index contributed by atoms with van der Waals surface area (Å²) in [6.07, 6.45) is 0. The molecule has 0 fully saturated rings. The first kappa shape index (κ1) is 19.4. The molecule has 0 saturated carbocycles. The van der Waals surface area contributed by atoms with E-state index in [4.69, 9.17) is 0 Å². The van der Waals surface area contributed by atoms with Crippen LogP contribution in [0.15, 0.2) is 32.7 Å². The number of hydrogen-bond donors (Lipinski definition) is 3. The fourth-order valence-electron chi connectivity index (χ4n) is 2.77. The zero-order valence-electron chi connectivity index (χ0n) is 14.8. The van der Waals surface area contributed by atoms with Gasteiger partial charge in [-0.1, -0.05) is 0 Å². The van der Waals surface area contributed by atoms with Crippen LogP contribution >= 0.6 is 0 Å². The summed E-state index contributed by atoms with van der Waals surface area (Å²) in [5, 5.41) is 0. The second-order valence-electron chi connectivity index (χ2n) is 6.44. The average molecular weight is 368 g/mol. The van der Waals surface area contributed by atoms with Gasteiger partial charge in [-0.05, 0) is 45.9 Å². The molecule has 9 heteroatoms. The van der Waals surface area contributed by atoms with E-state index >= 15 is 0 Å². The van der Waals surface area contributed by atoms with Crippen molar-refractivity contribution < 1.29 is 8.42 Å². The highest BCUT2D eigenvalue weighted by Crippen LogP contribution is 2.14. The summed E-state index contributed by atoms with van der Waals surface area (Å²) in [4.78, 5) is 29.7. The van der Waals surface area contributed by atoms with E-state index in [1.54, 1.807) is 0 Å². The topological polar surface area (TPSA) is 115 Å². The highest BCUT2D eigenvalue weighted by atomic mass is 32.2. The van der Waals surface area contributed by atoms with Crippen molar-refractivity contribution >= 4 is 21.1 Å². The quantitative estimate of drug-likeness (QED) is 0.620. The van der Waals surface area contributed by atoms with Gasteiger partial charge >= 0.3 is 11.1 Å². The van der Waals surface area contributed by atoms with E-state index in [0.717, 1.165) is 0 Å². The number of nitrogens with zero attached hydrogens (tertiary/aromatic N) is 1. The van der Waals surface area contributed by atoms with Gasteiger partial charge in [-0.3, -0.25) is 14.5 Å². The standard InChI is InChI=1S/C16H24N4O4S/c1-10(2)20(11(3)4)8-7-17-25(23,24)12-5-6-13-14(9-12)19-16(22)15(21)18-13/h5-6,9-11,17H,7-8H2,1-4H3,(H,18,21)(H,19,22). The molecule has 2 rings (SSSR count). The molecule has 1 aromatic carbocycles. The van der Waals surface area contributed by atoms with Gasteiger partial charge in [0.25, 0.3) is 0 Å². The zero-order valence-corrected chi connectivity index (χ0v) is 15.6. The Morgan fingerprint density at radius 2 is 1.56 bits per heavy atom. The third kappa shape index (κ3) is 4.56. The SMILES string of the molecule is CC(C)N(CCNS(=O)(=O)c1ccc2[nH]c(=O)c(=O)[nH]c2c1)C(C)C. The van der Waals surface area contributed by atoms with E-state index in [-0.39, 0.29) is 17.0 Å². The van der Waals surface area contributed by atoms with Crippen LogP contribution in [-0.4, -0.2) is 48.5 Å². The number of aromatic nitrogens is 2. The van der Waals surface area contributed by atoms with Crippen LogP contribution in [0.3, 0.4) is 0 Å². The summed E-state index contributed by atoms with van der Waals surface area (Å²) in [5.74, 6) is 0. The molecule has 0 aliphatic carbocycles. The summed E-state index contributed by atoms with van der Waals surface area (Å²) in [6.45, 7) is 9.12. The van der Waals surface area contributed by atoms with Gasteiger partial charge in [0.15, 0.2) is 0 Å². The molecule has 0 amide bonds. The van der Waals surface area contributed by atoms with E-state index in [2.05, 4.69) is 47.3 Å². The van der Waals surface area contributed by atoms with Crippen molar-refractivity contribution in [2.24, 2.45) is 0 Å². The highest BCUT2D eigenvalue weighted by molar-refractivity contribution is 7.89. The molecule has 0 aliphatic rings. The van der Waals surface area contributed by atoms with Crippen LogP contribution in [0.1, 0.15) is 27.7 Å². The molecule has 25 heavy (non-hydrogen) atoms. The van der Waals surface area contributed by atoms with Crippen LogP contribution in [-0.2, 0) is 10.0 Å². The maximum atomic E-state index is 12.5. The Bertz CT molecular complexity index is 952. The Balaban J connectivity index is 2.19. The predicted molar refractivity (Wildman–Crippen MR) is 97.4 cm³/mol. The molecule has 138 valence electrons. The molecule has 2 aromatic rings. The number of nitrogens with one attached hydrogen (secondary N) is 3. The largest absolute Gasteiger partial charge is 0.316 e. The van der Waals surface area contributed by atoms with Gasteiger partial charge in [-0.2, -0.15) is 0 Å². The van der Waals surface area contributed by atoms with Gasteiger partial charge in [-0.25, -0.2) is 13.1 Å². The van der Waals surface area contributed by atoms with Crippen molar-refractivity contribution in [2.75, 3.05) is 13.1 Å². The lowest BCUT2D eigenvalue weighted by molar-refractivity contribution is 0.179. The lowest BCUT2D eigenvalue weighted by Crippen LogP contribution is -2.42. The van der Waals surface area contributed by atoms with Gasteiger partial charge in [-0.15, -0.1) is 0 Å². The first-order valence-corrected chi connectivity index (χ1v) is 9.62. The van der Waals surface area contributed by atoms with Crippen LogP contribution in [0.25, 0.3) is 11.0 Å². The van der Waals surface area contributed by atoms with Crippen molar-refractivity contribution in [1.29, 1.82) is 0 Å². The van der Waals surface area contributed by atoms with Gasteiger partial charge in [0, 0.05) is 25.2 Å². The van der Waals surface area contributed by atoms with E-state index in [9.17, 15) is 18.0 Å². The summed E-state index contributed by atoms with van der Waals surface area (Å²) >= 11 is 0. The Morgan fingerprint density at radius 1 is 1.00 bits per heavy atom. The number of aromatic amines is 2. The number of benzene rings is 1. The molecule has 0 bridgehead atoms. The van der Waals surface area contributed by atoms with Crippen molar-refractivity contribution in [2.45, 2.75) is 44.7 Å². The van der Waals surface area contributed by atoms with Crippen molar-refractivity contribution in [1.82, 2.24) is 19.6 Å². The number of rotatable bonds is 7. The fourth-order valence-corrected chi connectivity index (χ4v) is 3.81. The third-order valence-electron chi connectivity index (χ3n) is 3.99. The molecule has 3 N–H and O–H groups in total. The Hall–Kier alpha value is -1.97. The maximum absolute atomic E-state index is 12.5. The Morgan fingerprint density at radius 3 is 2.12 bits per heavy atom. The maximum Gasteiger partial charge on any atom is 0.314 e. The van der Waals surface area contributed by atoms with Crippen LogP contribution in [0.5, 0.6) is 0 Å². The fraction of sp³-hybridized carbons (Fsp3) is 0.500. The van der Waals surface area contributed by atoms with E-state index < -0.39 is 21.1 Å². The minimum absolute atomic E-state index is 0.0309. The molecule has 1 aromatic heterocycles. The van der Waals surface area contributed by atoms with Crippen LogP contribution in [0.2, 0.25) is 0 Å². The predicted octanol–water partition coefficient (Wildman–Crippen LogP) is 0.613. The number of sulfonamides is 1. The van der Waals surface area contributed by atoms with E-state index in [0.29, 0.717) is 24.1 Å². The third-order valence-corrected chi connectivity index (χ3v) is 5.45. The summed E-state index contributed by atoms with van der Waals surface area (Å²) in [5.41, 5.74) is -0.962. The Kier molecular flexibility index (Phi) is 5.81. The van der Waals surface area contributed by atoms with Crippen molar-refractivity contribution in [3.63, 3.8) is 0 Å². The lowest BCUT2D eigenvalue weighted by Gasteiger charge is -2.30. The number of fused-ring (bicyclic) bond motifs is 1. The van der Waals surface area contributed by atoms with Gasteiger partial charge in [0.2, 0.25) is 10.0 Å². The second-order valence-corrected chi connectivity index (χ2v) is 8.21. The van der Waals surface area contributed by atoms with Gasteiger partial charge < -0.3 is 9.97 Å². The number of H-pyrrole nitrogens is 2. The molecular weight excluding hydrogens is 344 g/mol. The minimum atomic E-state index is -3.71. The first-order chi connectivity index (χ1) is 11.6. The number of hydrogen-bond acceptors (Lipinski definition) is 5. The molecule has 0 radical (unpaired) electrons. The van der Waals surface area contributed by atoms with Gasteiger partial charge in [0.05, 0.1) is 15.9 Å². The van der Waals surface area contributed by atoms with E-state index in [1.165, 1.54) is 18.2 Å². The molecule has 1 heterocycles. The average Bonchev–Trinajstić information content (AvgIpc) is 2.51. The van der Waals surface area contributed by atoms with Crippen LogP contribution < -0.4 is 15.8 Å². The second kappa shape index (κ2) is 7.51. The van der Waals surface area contributed by atoms with Gasteiger partial charge in [0.1, 0.15) is 0 Å². The van der Waals surface area contributed by atoms with Crippen molar-refractivity contribution in [3.05, 3.63) is 38.9 Å². The summed E-state index contributed by atoms with van der Waals surface area (Å²) in [6, 6.07) is 4.80. The van der Waals surface area contributed by atoms with Crippen molar-refractivity contribution in [3.8, 4) is 0 Å². The molecule has 0 unspecified atom stereocenters. The molecule has 0 aliphatic heterocycles. The smallest absolute Gasteiger partial charge is 0.314 e. The molecule has 0 saturated heterocycles. The highest BCUT2D eigenvalue weighted by Gasteiger charge is 2.17. The molecule has 0 atom stereocenters. The first-order valence-electron chi connectivity index (χ1n) is 8.13. The molecular formula is C16H24N4O4S. The normalized spacial score (nSPS) is 12.6. The lowest BCUT2D eigenvalue weighted by atomic mass is 10.2. The molecule has 0 spiro atoms. The van der Waals surface area contributed by atoms with E-state index in [1.807, 2.05) is 0 Å². The monoisotopic (exact) mass is 368 g/mol. The Labute approximate surface area is 146 Å². The summed E-state index contributed by atoms with van der Waals surface area (Å²) in [7, 11) is -3.71. The zero-order chi connectivity index (χ0) is 18.8. The molecule has 8 nitrogen and oxygen atoms in total. The minimum Gasteiger partial charge on any atom is -0.316 e.